The highest BCUT2D eigenvalue weighted by atomic mass is 79.9. The lowest BCUT2D eigenvalue weighted by Crippen LogP contribution is -2.44. The van der Waals surface area contributed by atoms with Crippen LogP contribution in [0.15, 0.2) is 15.9 Å². The van der Waals surface area contributed by atoms with Gasteiger partial charge in [0, 0.05) is 20.9 Å². The van der Waals surface area contributed by atoms with Crippen LogP contribution < -0.4 is 5.32 Å². The molecule has 2 heterocycles. The molecule has 17 heavy (non-hydrogen) atoms. The van der Waals surface area contributed by atoms with E-state index in [1.807, 2.05) is 18.4 Å². The van der Waals surface area contributed by atoms with Crippen molar-refractivity contribution in [3.05, 3.63) is 20.8 Å². The molecule has 1 aliphatic heterocycles. The van der Waals surface area contributed by atoms with Gasteiger partial charge in [0.1, 0.15) is 0 Å². The van der Waals surface area contributed by atoms with Crippen LogP contribution in [0.3, 0.4) is 0 Å². The molecule has 3 nitrogen and oxygen atoms in total. The third-order valence-corrected chi connectivity index (χ3v) is 7.06. The maximum absolute atomic E-state index is 11.5. The molecule has 2 unspecified atom stereocenters. The number of nitrogens with one attached hydrogen (secondary N) is 1. The Morgan fingerprint density at radius 1 is 1.59 bits per heavy atom. The second kappa shape index (κ2) is 4.64. The molecule has 0 aliphatic carbocycles. The Morgan fingerprint density at radius 3 is 2.76 bits per heavy atom. The Hall–Kier alpha value is 0.0900. The maximum Gasteiger partial charge on any atom is 0.152 e. The van der Waals surface area contributed by atoms with E-state index in [9.17, 15) is 8.42 Å². The number of halogens is 1. The van der Waals surface area contributed by atoms with Gasteiger partial charge in [0.05, 0.1) is 11.5 Å². The molecule has 0 saturated carbocycles. The fourth-order valence-electron chi connectivity index (χ4n) is 2.33. The van der Waals surface area contributed by atoms with Gasteiger partial charge in [-0.15, -0.1) is 11.3 Å². The molecule has 1 aliphatic rings. The summed E-state index contributed by atoms with van der Waals surface area (Å²) in [5.74, 6) is 0.544. The lowest BCUT2D eigenvalue weighted by atomic mass is 10.0. The number of hydrogen-bond donors (Lipinski definition) is 1. The normalized spacial score (nSPS) is 29.4. The van der Waals surface area contributed by atoms with E-state index in [0.29, 0.717) is 12.2 Å². The van der Waals surface area contributed by atoms with Gasteiger partial charge in [0.25, 0.3) is 0 Å². The molecule has 96 valence electrons. The van der Waals surface area contributed by atoms with E-state index >= 15 is 0 Å². The molecule has 0 amide bonds. The highest BCUT2D eigenvalue weighted by Gasteiger charge is 2.39. The van der Waals surface area contributed by atoms with E-state index in [0.717, 1.165) is 4.47 Å². The van der Waals surface area contributed by atoms with E-state index < -0.39 is 9.84 Å². The average molecular weight is 338 g/mol. The standard InChI is InChI=1S/C11H16BrNO2S2/c1-8(10-9(12)3-5-16-10)13-11(2)4-6-17(14,15)7-11/h3,5,8,13H,4,6-7H2,1-2H3. The summed E-state index contributed by atoms with van der Waals surface area (Å²) in [6.07, 6.45) is 0.697. The molecule has 0 spiro atoms. The first kappa shape index (κ1) is 13.5. The van der Waals surface area contributed by atoms with Crippen LogP contribution in [0.25, 0.3) is 0 Å². The summed E-state index contributed by atoms with van der Waals surface area (Å²) in [7, 11) is -2.85. The van der Waals surface area contributed by atoms with Gasteiger partial charge in [0.15, 0.2) is 9.84 Å². The van der Waals surface area contributed by atoms with Crippen LogP contribution in [0.1, 0.15) is 31.2 Å². The number of thiophene rings is 1. The molecule has 1 aromatic heterocycles. The lowest BCUT2D eigenvalue weighted by molar-refractivity contribution is 0.357. The van der Waals surface area contributed by atoms with Crippen LogP contribution in [0.4, 0.5) is 0 Å². The molecule has 1 aromatic rings. The molecular weight excluding hydrogens is 322 g/mol. The second-order valence-corrected chi connectivity index (χ2v) is 8.89. The number of sulfone groups is 1. The zero-order valence-corrected chi connectivity index (χ0v) is 13.1. The Kier molecular flexibility index (Phi) is 3.69. The molecule has 0 aromatic carbocycles. The average Bonchev–Trinajstić information content (AvgIpc) is 2.70. The van der Waals surface area contributed by atoms with Gasteiger partial charge < -0.3 is 5.32 Å². The molecule has 6 heteroatoms. The first-order valence-electron chi connectivity index (χ1n) is 5.52. The summed E-state index contributed by atoms with van der Waals surface area (Å²) in [5.41, 5.74) is -0.290. The first-order valence-corrected chi connectivity index (χ1v) is 9.02. The van der Waals surface area contributed by atoms with Crippen molar-refractivity contribution in [2.24, 2.45) is 0 Å². The van der Waals surface area contributed by atoms with Crippen molar-refractivity contribution in [2.75, 3.05) is 11.5 Å². The third-order valence-electron chi connectivity index (χ3n) is 3.11. The molecule has 1 saturated heterocycles. The minimum absolute atomic E-state index is 0.169. The van der Waals surface area contributed by atoms with Crippen molar-refractivity contribution in [3.63, 3.8) is 0 Å². The predicted octanol–water partition coefficient (Wildman–Crippen LogP) is 2.74. The van der Waals surface area contributed by atoms with Crippen molar-refractivity contribution in [2.45, 2.75) is 31.8 Å². The third kappa shape index (κ3) is 3.10. The highest BCUT2D eigenvalue weighted by molar-refractivity contribution is 9.10. The SMILES string of the molecule is CC(NC1(C)CCS(=O)(=O)C1)c1sccc1Br. The minimum atomic E-state index is -2.85. The largest absolute Gasteiger partial charge is 0.303 e. The fraction of sp³-hybridized carbons (Fsp3) is 0.636. The van der Waals surface area contributed by atoms with Gasteiger partial charge in [-0.1, -0.05) is 0 Å². The van der Waals surface area contributed by atoms with E-state index in [1.165, 1.54) is 4.88 Å². The van der Waals surface area contributed by atoms with Crippen molar-refractivity contribution in [3.8, 4) is 0 Å². The maximum atomic E-state index is 11.5. The predicted molar refractivity (Wildman–Crippen MR) is 75.2 cm³/mol. The number of hydrogen-bond acceptors (Lipinski definition) is 4. The van der Waals surface area contributed by atoms with Gasteiger partial charge in [-0.25, -0.2) is 8.42 Å². The van der Waals surface area contributed by atoms with Crippen LogP contribution in [-0.4, -0.2) is 25.5 Å². The van der Waals surface area contributed by atoms with Gasteiger partial charge in [0.2, 0.25) is 0 Å². The van der Waals surface area contributed by atoms with Crippen molar-refractivity contribution in [1.82, 2.24) is 5.32 Å². The van der Waals surface area contributed by atoms with E-state index in [-0.39, 0.29) is 17.3 Å². The van der Waals surface area contributed by atoms with Crippen LogP contribution in [-0.2, 0) is 9.84 Å². The lowest BCUT2D eigenvalue weighted by Gasteiger charge is -2.28. The molecule has 0 bridgehead atoms. The molecule has 0 radical (unpaired) electrons. The number of rotatable bonds is 3. The smallest absolute Gasteiger partial charge is 0.152 e. The second-order valence-electron chi connectivity index (χ2n) is 4.90. The van der Waals surface area contributed by atoms with Gasteiger partial charge in [-0.2, -0.15) is 0 Å². The Bertz CT molecular complexity index is 511. The van der Waals surface area contributed by atoms with E-state index in [2.05, 4.69) is 28.2 Å². The van der Waals surface area contributed by atoms with Gasteiger partial charge in [-0.3, -0.25) is 0 Å². The zero-order chi connectivity index (χ0) is 12.7. The molecular formula is C11H16BrNO2S2. The van der Waals surface area contributed by atoms with Gasteiger partial charge in [-0.05, 0) is 47.6 Å². The van der Waals surface area contributed by atoms with Crippen LogP contribution in [0.5, 0.6) is 0 Å². The van der Waals surface area contributed by atoms with E-state index in [1.54, 1.807) is 11.3 Å². The quantitative estimate of drug-likeness (QED) is 0.922. The summed E-state index contributed by atoms with van der Waals surface area (Å²) in [5, 5.41) is 5.49. The Labute approximate surface area is 115 Å². The summed E-state index contributed by atoms with van der Waals surface area (Å²) in [6.45, 7) is 4.07. The van der Waals surface area contributed by atoms with Crippen molar-refractivity contribution in [1.29, 1.82) is 0 Å². The zero-order valence-electron chi connectivity index (χ0n) is 9.86. The topological polar surface area (TPSA) is 46.2 Å². The van der Waals surface area contributed by atoms with Crippen molar-refractivity contribution < 1.29 is 8.42 Å². The fourth-order valence-corrected chi connectivity index (χ4v) is 6.16. The minimum Gasteiger partial charge on any atom is -0.303 e. The summed E-state index contributed by atoms with van der Waals surface area (Å²) in [6, 6.07) is 2.19. The summed E-state index contributed by atoms with van der Waals surface area (Å²) in [4.78, 5) is 1.22. The Balaban J connectivity index is 2.10. The Morgan fingerprint density at radius 2 is 2.29 bits per heavy atom. The summed E-state index contributed by atoms with van der Waals surface area (Å²) < 4.78 is 24.2. The van der Waals surface area contributed by atoms with Crippen LogP contribution in [0.2, 0.25) is 0 Å². The highest BCUT2D eigenvalue weighted by Crippen LogP contribution is 2.32. The molecule has 2 atom stereocenters. The van der Waals surface area contributed by atoms with Gasteiger partial charge >= 0.3 is 0 Å². The monoisotopic (exact) mass is 337 g/mol. The molecule has 1 N–H and O–H groups in total. The summed E-state index contributed by atoms with van der Waals surface area (Å²) >= 11 is 5.19. The first-order chi connectivity index (χ1) is 7.81. The van der Waals surface area contributed by atoms with E-state index in [4.69, 9.17) is 0 Å². The molecule has 1 fully saturated rings. The molecule has 2 rings (SSSR count). The van der Waals surface area contributed by atoms with Crippen molar-refractivity contribution >= 4 is 37.1 Å². The van der Waals surface area contributed by atoms with Crippen LogP contribution >= 0.6 is 27.3 Å². The van der Waals surface area contributed by atoms with Crippen LogP contribution in [0, 0.1) is 0 Å².